The van der Waals surface area contributed by atoms with Gasteiger partial charge in [0, 0.05) is 35.4 Å². The van der Waals surface area contributed by atoms with Crippen LogP contribution in [0.5, 0.6) is 0 Å². The Morgan fingerprint density at radius 3 is 2.71 bits per heavy atom. The van der Waals surface area contributed by atoms with Gasteiger partial charge in [-0.25, -0.2) is 4.98 Å². The third kappa shape index (κ3) is 4.68. The number of rotatable bonds is 7. The van der Waals surface area contributed by atoms with E-state index in [1.54, 1.807) is 0 Å². The van der Waals surface area contributed by atoms with Crippen molar-refractivity contribution in [1.29, 1.82) is 0 Å². The van der Waals surface area contributed by atoms with Crippen LogP contribution in [-0.4, -0.2) is 24.1 Å². The van der Waals surface area contributed by atoms with Gasteiger partial charge < -0.3 is 10.2 Å². The zero-order valence-corrected chi connectivity index (χ0v) is 15.0. The van der Waals surface area contributed by atoms with Gasteiger partial charge in [-0.05, 0) is 54.7 Å². The minimum Gasteiger partial charge on any atom is -0.354 e. The summed E-state index contributed by atoms with van der Waals surface area (Å²) in [6, 6.07) is 2.89. The van der Waals surface area contributed by atoms with E-state index in [-0.39, 0.29) is 0 Å². The average molecular weight is 354 g/mol. The fraction of sp³-hybridized carbons (Fsp3) is 0.706. The highest BCUT2D eigenvalue weighted by Gasteiger charge is 2.23. The lowest BCUT2D eigenvalue weighted by atomic mass is 9.94. The summed E-state index contributed by atoms with van der Waals surface area (Å²) < 4.78 is 1.07. The number of pyridine rings is 1. The van der Waals surface area contributed by atoms with Gasteiger partial charge in [0.15, 0.2) is 0 Å². The molecule has 1 aliphatic rings. The van der Waals surface area contributed by atoms with E-state index in [2.05, 4.69) is 46.1 Å². The molecule has 21 heavy (non-hydrogen) atoms. The number of nitrogens with one attached hydrogen (secondary N) is 1. The van der Waals surface area contributed by atoms with Crippen molar-refractivity contribution in [2.24, 2.45) is 0 Å². The highest BCUT2D eigenvalue weighted by atomic mass is 79.9. The molecule has 1 saturated carbocycles. The lowest BCUT2D eigenvalue weighted by molar-refractivity contribution is 0.415. The molecule has 4 heteroatoms. The summed E-state index contributed by atoms with van der Waals surface area (Å²) in [7, 11) is 0. The lowest BCUT2D eigenvalue weighted by Gasteiger charge is -2.35. The van der Waals surface area contributed by atoms with E-state index in [0.29, 0.717) is 6.04 Å². The molecule has 0 atom stereocenters. The molecule has 0 aliphatic heterocycles. The van der Waals surface area contributed by atoms with Crippen molar-refractivity contribution in [2.75, 3.05) is 18.0 Å². The number of hydrogen-bond acceptors (Lipinski definition) is 3. The van der Waals surface area contributed by atoms with Crippen molar-refractivity contribution in [3.05, 3.63) is 22.3 Å². The fourth-order valence-electron chi connectivity index (χ4n) is 3.24. The van der Waals surface area contributed by atoms with Gasteiger partial charge in [0.05, 0.1) is 0 Å². The molecule has 0 amide bonds. The van der Waals surface area contributed by atoms with Crippen LogP contribution < -0.4 is 10.2 Å². The van der Waals surface area contributed by atoms with Crippen LogP contribution in [0.2, 0.25) is 0 Å². The van der Waals surface area contributed by atoms with Crippen molar-refractivity contribution in [2.45, 2.75) is 65.0 Å². The van der Waals surface area contributed by atoms with Crippen molar-refractivity contribution >= 4 is 21.7 Å². The van der Waals surface area contributed by atoms with E-state index in [1.807, 2.05) is 6.20 Å². The third-order valence-electron chi connectivity index (χ3n) is 4.28. The van der Waals surface area contributed by atoms with Gasteiger partial charge in [-0.1, -0.05) is 26.2 Å². The van der Waals surface area contributed by atoms with Crippen LogP contribution in [0.3, 0.4) is 0 Å². The summed E-state index contributed by atoms with van der Waals surface area (Å²) in [4.78, 5) is 7.26. The number of halogens is 1. The summed E-state index contributed by atoms with van der Waals surface area (Å²) in [6.07, 6.45) is 9.84. The molecule has 1 aliphatic carbocycles. The first-order valence-corrected chi connectivity index (χ1v) is 9.17. The van der Waals surface area contributed by atoms with Crippen molar-refractivity contribution < 1.29 is 0 Å². The maximum Gasteiger partial charge on any atom is 0.133 e. The molecule has 1 heterocycles. The molecule has 118 valence electrons. The third-order valence-corrected chi connectivity index (χ3v) is 4.71. The van der Waals surface area contributed by atoms with E-state index < -0.39 is 0 Å². The quantitative estimate of drug-likeness (QED) is 0.731. The number of aromatic nitrogens is 1. The monoisotopic (exact) mass is 353 g/mol. The Balaban J connectivity index is 2.18. The second-order valence-electron chi connectivity index (χ2n) is 5.89. The Morgan fingerprint density at radius 1 is 1.29 bits per heavy atom. The van der Waals surface area contributed by atoms with Gasteiger partial charge in [0.25, 0.3) is 0 Å². The van der Waals surface area contributed by atoms with Gasteiger partial charge in [0.1, 0.15) is 5.82 Å². The van der Waals surface area contributed by atoms with Crippen LogP contribution >= 0.6 is 15.9 Å². The Kier molecular flexibility index (Phi) is 6.97. The number of nitrogens with zero attached hydrogens (tertiary/aromatic N) is 2. The highest BCUT2D eigenvalue weighted by molar-refractivity contribution is 9.10. The predicted molar refractivity (Wildman–Crippen MR) is 93.8 cm³/mol. The normalized spacial score (nSPS) is 16.1. The van der Waals surface area contributed by atoms with Crippen molar-refractivity contribution in [3.63, 3.8) is 0 Å². The Bertz CT molecular complexity index is 430. The standard InChI is InChI=1S/C17H28BrN3/c1-3-10-19-12-14-11-15(18)13-20-17(14)21(4-2)16-8-6-5-7-9-16/h11,13,16,19H,3-10,12H2,1-2H3. The molecule has 0 unspecified atom stereocenters. The van der Waals surface area contributed by atoms with E-state index in [9.17, 15) is 0 Å². The number of anilines is 1. The van der Waals surface area contributed by atoms with Crippen LogP contribution in [0.4, 0.5) is 5.82 Å². The average Bonchev–Trinajstić information content (AvgIpc) is 2.51. The smallest absolute Gasteiger partial charge is 0.133 e. The van der Waals surface area contributed by atoms with Crippen LogP contribution in [0.1, 0.15) is 57.9 Å². The second-order valence-corrected chi connectivity index (χ2v) is 6.81. The highest BCUT2D eigenvalue weighted by Crippen LogP contribution is 2.29. The first-order valence-electron chi connectivity index (χ1n) is 8.38. The summed E-state index contributed by atoms with van der Waals surface area (Å²) >= 11 is 3.56. The molecule has 0 spiro atoms. The zero-order chi connectivity index (χ0) is 15.1. The minimum atomic E-state index is 0.669. The van der Waals surface area contributed by atoms with Crippen LogP contribution in [0.15, 0.2) is 16.7 Å². The summed E-state index contributed by atoms with van der Waals surface area (Å²) in [6.45, 7) is 7.45. The van der Waals surface area contributed by atoms with E-state index in [1.165, 1.54) is 43.5 Å². The molecule has 1 aromatic heterocycles. The van der Waals surface area contributed by atoms with Gasteiger partial charge in [0.2, 0.25) is 0 Å². The van der Waals surface area contributed by atoms with Gasteiger partial charge in [-0.15, -0.1) is 0 Å². The van der Waals surface area contributed by atoms with E-state index >= 15 is 0 Å². The molecule has 2 rings (SSSR count). The van der Waals surface area contributed by atoms with Gasteiger partial charge in [-0.3, -0.25) is 0 Å². The maximum atomic E-state index is 4.74. The molecular weight excluding hydrogens is 326 g/mol. The molecule has 0 aromatic carbocycles. The SMILES string of the molecule is CCCNCc1cc(Br)cnc1N(CC)C1CCCCC1. The molecule has 0 saturated heterocycles. The summed E-state index contributed by atoms with van der Waals surface area (Å²) in [5, 5.41) is 3.51. The van der Waals surface area contributed by atoms with Crippen molar-refractivity contribution in [3.8, 4) is 0 Å². The van der Waals surface area contributed by atoms with Crippen LogP contribution in [0, 0.1) is 0 Å². The Labute approximate surface area is 137 Å². The predicted octanol–water partition coefficient (Wildman–Crippen LogP) is 4.50. The first-order chi connectivity index (χ1) is 10.3. The zero-order valence-electron chi connectivity index (χ0n) is 13.4. The summed E-state index contributed by atoms with van der Waals surface area (Å²) in [5.41, 5.74) is 1.31. The molecule has 0 bridgehead atoms. The van der Waals surface area contributed by atoms with Crippen LogP contribution in [-0.2, 0) is 6.54 Å². The molecule has 3 nitrogen and oxygen atoms in total. The van der Waals surface area contributed by atoms with Gasteiger partial charge in [-0.2, -0.15) is 0 Å². The molecule has 1 N–H and O–H groups in total. The van der Waals surface area contributed by atoms with E-state index in [0.717, 1.165) is 30.5 Å². The minimum absolute atomic E-state index is 0.669. The van der Waals surface area contributed by atoms with E-state index in [4.69, 9.17) is 4.98 Å². The summed E-state index contributed by atoms with van der Waals surface area (Å²) in [5.74, 6) is 1.18. The van der Waals surface area contributed by atoms with Crippen molar-refractivity contribution in [1.82, 2.24) is 10.3 Å². The largest absolute Gasteiger partial charge is 0.354 e. The number of hydrogen-bond donors (Lipinski definition) is 1. The molecule has 1 fully saturated rings. The first kappa shape index (κ1) is 16.8. The molecular formula is C17H28BrN3. The topological polar surface area (TPSA) is 28.2 Å². The fourth-order valence-corrected chi connectivity index (χ4v) is 3.61. The molecule has 0 radical (unpaired) electrons. The molecule has 1 aromatic rings. The Morgan fingerprint density at radius 2 is 2.05 bits per heavy atom. The Hall–Kier alpha value is -0.610. The maximum absolute atomic E-state index is 4.74. The lowest BCUT2D eigenvalue weighted by Crippen LogP contribution is -2.38. The van der Waals surface area contributed by atoms with Crippen LogP contribution in [0.25, 0.3) is 0 Å². The van der Waals surface area contributed by atoms with Gasteiger partial charge >= 0.3 is 0 Å². The second kappa shape index (κ2) is 8.74.